The Morgan fingerprint density at radius 3 is 2.18 bits per heavy atom. The molecule has 0 radical (unpaired) electrons. The van der Waals surface area contributed by atoms with Crippen molar-refractivity contribution in [3.8, 4) is 17.2 Å². The molecule has 2 rings (SSSR count). The molecule has 0 aliphatic rings. The Morgan fingerprint density at radius 2 is 1.59 bits per heavy atom. The van der Waals surface area contributed by atoms with Crippen molar-refractivity contribution >= 4 is 11.9 Å². The second-order valence-corrected chi connectivity index (χ2v) is 9.37. The van der Waals surface area contributed by atoms with Gasteiger partial charge in [0.2, 0.25) is 0 Å². The van der Waals surface area contributed by atoms with Crippen molar-refractivity contribution in [1.29, 1.82) is 0 Å². The van der Waals surface area contributed by atoms with E-state index in [0.29, 0.717) is 31.1 Å². The van der Waals surface area contributed by atoms with E-state index < -0.39 is 0 Å². The van der Waals surface area contributed by atoms with Crippen LogP contribution in [0, 0.1) is 0 Å². The zero-order valence-corrected chi connectivity index (χ0v) is 21.5. The van der Waals surface area contributed by atoms with Gasteiger partial charge in [-0.15, -0.1) is 0 Å². The summed E-state index contributed by atoms with van der Waals surface area (Å²) in [6.45, 7) is 16.2. The van der Waals surface area contributed by atoms with Gasteiger partial charge in [-0.1, -0.05) is 66.2 Å². The highest BCUT2D eigenvalue weighted by atomic mass is 16.5. The Kier molecular flexibility index (Phi) is 10.9. The predicted molar refractivity (Wildman–Crippen MR) is 141 cm³/mol. The number of ether oxygens (including phenoxy) is 3. The van der Waals surface area contributed by atoms with Crippen LogP contribution in [-0.4, -0.2) is 25.6 Å². The quantitative estimate of drug-likeness (QED) is 0.124. The third-order valence-corrected chi connectivity index (χ3v) is 5.32. The highest BCUT2D eigenvalue weighted by molar-refractivity contribution is 6.06. The maximum atomic E-state index is 12.8. The van der Waals surface area contributed by atoms with Crippen LogP contribution < -0.4 is 14.2 Å². The van der Waals surface area contributed by atoms with E-state index in [1.807, 2.05) is 12.1 Å². The molecule has 4 nitrogen and oxygen atoms in total. The molecule has 0 bridgehead atoms. The number of carbonyl (C=O) groups excluding carboxylic acids is 1. The van der Waals surface area contributed by atoms with Crippen molar-refractivity contribution in [1.82, 2.24) is 0 Å². The van der Waals surface area contributed by atoms with Gasteiger partial charge in [0.1, 0.15) is 12.4 Å². The molecule has 0 atom stereocenters. The first-order chi connectivity index (χ1) is 16.3. The van der Waals surface area contributed by atoms with Crippen LogP contribution in [0.2, 0.25) is 0 Å². The number of ketones is 1. The molecule has 0 fully saturated rings. The maximum Gasteiger partial charge on any atom is 0.185 e. The molecule has 0 spiro atoms. The number of carbonyl (C=O) groups is 1. The zero-order valence-electron chi connectivity index (χ0n) is 21.5. The molecular formula is C30H40O4. The summed E-state index contributed by atoms with van der Waals surface area (Å²) in [5.41, 5.74) is 2.46. The van der Waals surface area contributed by atoms with Gasteiger partial charge in [0, 0.05) is 11.1 Å². The molecule has 0 amide bonds. The van der Waals surface area contributed by atoms with E-state index in [4.69, 9.17) is 14.2 Å². The van der Waals surface area contributed by atoms with E-state index in [2.05, 4.69) is 47.3 Å². The summed E-state index contributed by atoms with van der Waals surface area (Å²) < 4.78 is 17.9. The normalized spacial score (nSPS) is 11.4. The second kappa shape index (κ2) is 13.6. The van der Waals surface area contributed by atoms with Gasteiger partial charge in [0.05, 0.1) is 13.2 Å². The number of unbranched alkanes of at least 4 members (excludes halogenated alkanes) is 2. The Hall–Kier alpha value is -3.01. The van der Waals surface area contributed by atoms with Gasteiger partial charge in [-0.2, -0.15) is 0 Å². The lowest BCUT2D eigenvalue weighted by Crippen LogP contribution is -2.15. The summed E-state index contributed by atoms with van der Waals surface area (Å²) in [5.74, 6) is 2.20. The first kappa shape index (κ1) is 27.2. The summed E-state index contributed by atoms with van der Waals surface area (Å²) >= 11 is 0. The smallest absolute Gasteiger partial charge is 0.185 e. The molecule has 0 aliphatic carbocycles. The van der Waals surface area contributed by atoms with Crippen molar-refractivity contribution in [2.45, 2.75) is 65.7 Å². The van der Waals surface area contributed by atoms with E-state index >= 15 is 0 Å². The fourth-order valence-corrected chi connectivity index (χ4v) is 3.32. The predicted octanol–water partition coefficient (Wildman–Crippen LogP) is 7.80. The van der Waals surface area contributed by atoms with Crippen molar-refractivity contribution < 1.29 is 19.0 Å². The van der Waals surface area contributed by atoms with E-state index in [9.17, 15) is 4.79 Å². The van der Waals surface area contributed by atoms with Gasteiger partial charge in [-0.3, -0.25) is 4.79 Å². The zero-order chi connectivity index (χ0) is 25.0. The topological polar surface area (TPSA) is 44.8 Å². The number of rotatable bonds is 14. The van der Waals surface area contributed by atoms with Crippen LogP contribution in [0.1, 0.15) is 81.8 Å². The standard InChI is InChI=1S/C30H40O4/c1-7-10-19-33-28-22-23(21-26(30(4,5)6)29(28)34-20-11-8-2)12-17-27(31)24-13-15-25(16-14-24)32-18-9-3/h9,12-17,21-22H,3,7-8,10-11,18-20H2,1-2,4-6H3/b17-12+. The Morgan fingerprint density at radius 1 is 0.941 bits per heavy atom. The van der Waals surface area contributed by atoms with Gasteiger partial charge >= 0.3 is 0 Å². The molecule has 0 N–H and O–H groups in total. The average molecular weight is 465 g/mol. The molecule has 184 valence electrons. The van der Waals surface area contributed by atoms with E-state index in [0.717, 1.165) is 48.3 Å². The first-order valence-corrected chi connectivity index (χ1v) is 12.3. The van der Waals surface area contributed by atoms with Gasteiger partial charge in [0.25, 0.3) is 0 Å². The van der Waals surface area contributed by atoms with Crippen molar-refractivity contribution in [3.05, 3.63) is 71.8 Å². The van der Waals surface area contributed by atoms with Crippen LogP contribution >= 0.6 is 0 Å². The first-order valence-electron chi connectivity index (χ1n) is 12.3. The number of benzene rings is 2. The molecule has 2 aromatic carbocycles. The van der Waals surface area contributed by atoms with E-state index in [1.165, 1.54) is 0 Å². The molecule has 34 heavy (non-hydrogen) atoms. The van der Waals surface area contributed by atoms with Crippen molar-refractivity contribution in [3.63, 3.8) is 0 Å². The fraction of sp³-hybridized carbons (Fsp3) is 0.433. The molecule has 0 aliphatic heterocycles. The van der Waals surface area contributed by atoms with Crippen molar-refractivity contribution in [2.24, 2.45) is 0 Å². The third-order valence-electron chi connectivity index (χ3n) is 5.32. The summed E-state index contributed by atoms with van der Waals surface area (Å²) in [5, 5.41) is 0. The highest BCUT2D eigenvalue weighted by Crippen LogP contribution is 2.40. The van der Waals surface area contributed by atoms with Crippen LogP contribution in [0.4, 0.5) is 0 Å². The summed E-state index contributed by atoms with van der Waals surface area (Å²) in [4.78, 5) is 12.8. The summed E-state index contributed by atoms with van der Waals surface area (Å²) in [6, 6.07) is 11.2. The minimum Gasteiger partial charge on any atom is -0.490 e. The number of allylic oxidation sites excluding steroid dienone is 1. The number of hydrogen-bond acceptors (Lipinski definition) is 4. The van der Waals surface area contributed by atoms with Crippen molar-refractivity contribution in [2.75, 3.05) is 19.8 Å². The third kappa shape index (κ3) is 8.40. The van der Waals surface area contributed by atoms with Crippen LogP contribution in [0.3, 0.4) is 0 Å². The second-order valence-electron chi connectivity index (χ2n) is 9.37. The van der Waals surface area contributed by atoms with E-state index in [1.54, 1.807) is 36.4 Å². The lowest BCUT2D eigenvalue weighted by Gasteiger charge is -2.25. The Bertz CT molecular complexity index is 949. The SMILES string of the molecule is C=CCOc1ccc(C(=O)/C=C/c2cc(OCCCC)c(OCCCC)c(C(C)(C)C)c2)cc1. The molecule has 0 saturated carbocycles. The lowest BCUT2D eigenvalue weighted by molar-refractivity contribution is 0.104. The molecule has 4 heteroatoms. The molecule has 0 saturated heterocycles. The van der Waals surface area contributed by atoms with Gasteiger partial charge in [-0.25, -0.2) is 0 Å². The molecule has 0 unspecified atom stereocenters. The van der Waals surface area contributed by atoms with Gasteiger partial charge < -0.3 is 14.2 Å². The highest BCUT2D eigenvalue weighted by Gasteiger charge is 2.23. The number of hydrogen-bond donors (Lipinski definition) is 0. The minimum absolute atomic E-state index is 0.0655. The molecule has 0 aromatic heterocycles. The summed E-state index contributed by atoms with van der Waals surface area (Å²) in [7, 11) is 0. The average Bonchev–Trinajstić information content (AvgIpc) is 2.82. The van der Waals surface area contributed by atoms with Gasteiger partial charge in [0.15, 0.2) is 17.3 Å². The van der Waals surface area contributed by atoms with E-state index in [-0.39, 0.29) is 11.2 Å². The monoisotopic (exact) mass is 464 g/mol. The molecule has 0 heterocycles. The van der Waals surface area contributed by atoms with Gasteiger partial charge in [-0.05, 0) is 66.3 Å². The lowest BCUT2D eigenvalue weighted by atomic mass is 9.85. The Labute approximate surface area is 205 Å². The Balaban J connectivity index is 2.33. The van der Waals surface area contributed by atoms with Crippen LogP contribution in [0.15, 0.2) is 55.1 Å². The van der Waals surface area contributed by atoms with Crippen LogP contribution in [-0.2, 0) is 5.41 Å². The maximum absolute atomic E-state index is 12.8. The largest absolute Gasteiger partial charge is 0.490 e. The minimum atomic E-state index is -0.139. The molecule has 2 aromatic rings. The fourth-order valence-electron chi connectivity index (χ4n) is 3.32. The molecular weight excluding hydrogens is 424 g/mol. The van der Waals surface area contributed by atoms with Crippen LogP contribution in [0.25, 0.3) is 6.08 Å². The van der Waals surface area contributed by atoms with Crippen LogP contribution in [0.5, 0.6) is 17.2 Å². The summed E-state index contributed by atoms with van der Waals surface area (Å²) in [6.07, 6.45) is 9.24.